The zero-order valence-corrected chi connectivity index (χ0v) is 14.0. The van der Waals surface area contributed by atoms with Gasteiger partial charge < -0.3 is 9.80 Å². The fourth-order valence-electron chi connectivity index (χ4n) is 3.03. The number of rotatable bonds is 2. The monoisotopic (exact) mass is 309 g/mol. The third-order valence-electron chi connectivity index (χ3n) is 4.52. The van der Waals surface area contributed by atoms with Crippen LogP contribution in [0.5, 0.6) is 0 Å². The van der Waals surface area contributed by atoms with Crippen LogP contribution in [0, 0.1) is 20.8 Å². The number of amides is 1. The summed E-state index contributed by atoms with van der Waals surface area (Å²) in [4.78, 5) is 21.5. The Labute approximate surface area is 137 Å². The molecule has 1 fully saturated rings. The van der Waals surface area contributed by atoms with Gasteiger partial charge in [0.15, 0.2) is 0 Å². The molecule has 0 bridgehead atoms. The summed E-state index contributed by atoms with van der Waals surface area (Å²) in [6.45, 7) is 9.38. The molecule has 0 saturated carbocycles. The van der Waals surface area contributed by atoms with Crippen LogP contribution in [0.2, 0.25) is 0 Å². The van der Waals surface area contributed by atoms with Crippen molar-refractivity contribution in [2.75, 3.05) is 31.1 Å². The van der Waals surface area contributed by atoms with Crippen molar-refractivity contribution >= 4 is 11.7 Å². The van der Waals surface area contributed by atoms with E-state index in [4.69, 9.17) is 4.98 Å². The summed E-state index contributed by atoms with van der Waals surface area (Å²) in [5, 5.41) is 0. The van der Waals surface area contributed by atoms with Gasteiger partial charge in [0.05, 0.1) is 0 Å². The maximum absolute atomic E-state index is 12.5. The quantitative estimate of drug-likeness (QED) is 0.856. The lowest BCUT2D eigenvalue weighted by Crippen LogP contribution is -2.49. The summed E-state index contributed by atoms with van der Waals surface area (Å²) in [6, 6.07) is 11.7. The minimum absolute atomic E-state index is 0.120. The molecule has 1 amide bonds. The molecule has 1 aromatic carbocycles. The summed E-state index contributed by atoms with van der Waals surface area (Å²) >= 11 is 0. The van der Waals surface area contributed by atoms with Crippen LogP contribution in [0.1, 0.15) is 27.2 Å². The predicted molar refractivity (Wildman–Crippen MR) is 93.0 cm³/mol. The summed E-state index contributed by atoms with van der Waals surface area (Å²) in [5.41, 5.74) is 4.27. The molecule has 2 aromatic rings. The van der Waals surface area contributed by atoms with Gasteiger partial charge in [0, 0.05) is 37.4 Å². The van der Waals surface area contributed by atoms with Gasteiger partial charge in [-0.3, -0.25) is 4.79 Å². The first kappa shape index (κ1) is 15.5. The molecule has 0 unspecified atom stereocenters. The first-order chi connectivity index (χ1) is 11.1. The van der Waals surface area contributed by atoms with E-state index >= 15 is 0 Å². The topological polar surface area (TPSA) is 36.4 Å². The zero-order chi connectivity index (χ0) is 16.4. The number of carbonyl (C=O) groups excluding carboxylic acids is 1. The van der Waals surface area contributed by atoms with E-state index in [0.717, 1.165) is 43.3 Å². The standard InChI is InChI=1S/C19H23N3O/c1-14-13-15(2)18(20-16(14)3)21-9-11-22(12-10-21)19(23)17-7-5-4-6-8-17/h4-8,13H,9-12H2,1-3H3. The lowest BCUT2D eigenvalue weighted by atomic mass is 10.1. The van der Waals surface area contributed by atoms with Gasteiger partial charge in [0.25, 0.3) is 5.91 Å². The van der Waals surface area contributed by atoms with Gasteiger partial charge in [-0.25, -0.2) is 4.98 Å². The molecule has 1 saturated heterocycles. The van der Waals surface area contributed by atoms with Crippen LogP contribution in [0.15, 0.2) is 36.4 Å². The molecule has 3 rings (SSSR count). The van der Waals surface area contributed by atoms with Crippen molar-refractivity contribution in [2.24, 2.45) is 0 Å². The van der Waals surface area contributed by atoms with E-state index in [-0.39, 0.29) is 5.91 Å². The Bertz CT molecular complexity index is 704. The Balaban J connectivity index is 1.69. The Morgan fingerprint density at radius 3 is 2.26 bits per heavy atom. The summed E-state index contributed by atoms with van der Waals surface area (Å²) in [5.74, 6) is 1.18. The van der Waals surface area contributed by atoms with E-state index in [1.165, 1.54) is 11.1 Å². The van der Waals surface area contributed by atoms with E-state index in [0.29, 0.717) is 0 Å². The average molecular weight is 309 g/mol. The molecule has 1 aromatic heterocycles. The van der Waals surface area contributed by atoms with Gasteiger partial charge in [0.2, 0.25) is 0 Å². The number of carbonyl (C=O) groups is 1. The number of aryl methyl sites for hydroxylation is 3. The molecule has 0 radical (unpaired) electrons. The number of piperazine rings is 1. The Hall–Kier alpha value is -2.36. The van der Waals surface area contributed by atoms with Gasteiger partial charge >= 0.3 is 0 Å². The van der Waals surface area contributed by atoms with E-state index in [1.807, 2.05) is 42.2 Å². The third-order valence-corrected chi connectivity index (χ3v) is 4.52. The molecule has 2 heterocycles. The molecule has 120 valence electrons. The molecular weight excluding hydrogens is 286 g/mol. The van der Waals surface area contributed by atoms with Crippen LogP contribution in [0.25, 0.3) is 0 Å². The highest BCUT2D eigenvalue weighted by Crippen LogP contribution is 2.22. The largest absolute Gasteiger partial charge is 0.353 e. The van der Waals surface area contributed by atoms with E-state index in [9.17, 15) is 4.79 Å². The van der Waals surface area contributed by atoms with Crippen molar-refractivity contribution in [3.63, 3.8) is 0 Å². The first-order valence-electron chi connectivity index (χ1n) is 8.10. The van der Waals surface area contributed by atoms with Gasteiger partial charge in [0.1, 0.15) is 5.82 Å². The highest BCUT2D eigenvalue weighted by molar-refractivity contribution is 5.94. The predicted octanol–water partition coefficient (Wildman–Crippen LogP) is 2.97. The summed E-state index contributed by atoms with van der Waals surface area (Å²) < 4.78 is 0. The molecule has 4 heteroatoms. The lowest BCUT2D eigenvalue weighted by molar-refractivity contribution is 0.0746. The number of hydrogen-bond donors (Lipinski definition) is 0. The number of nitrogens with zero attached hydrogens (tertiary/aromatic N) is 3. The Morgan fingerprint density at radius 2 is 1.61 bits per heavy atom. The highest BCUT2D eigenvalue weighted by Gasteiger charge is 2.23. The second-order valence-electron chi connectivity index (χ2n) is 6.18. The molecule has 1 aliphatic heterocycles. The second kappa shape index (κ2) is 6.41. The SMILES string of the molecule is Cc1cc(C)c(N2CCN(C(=O)c3ccccc3)CC2)nc1C. The number of pyridine rings is 1. The normalized spacial score (nSPS) is 14.9. The van der Waals surface area contributed by atoms with Crippen molar-refractivity contribution in [2.45, 2.75) is 20.8 Å². The molecule has 0 spiro atoms. The average Bonchev–Trinajstić information content (AvgIpc) is 2.58. The maximum atomic E-state index is 12.5. The van der Waals surface area contributed by atoms with Crippen molar-refractivity contribution in [1.82, 2.24) is 9.88 Å². The minimum atomic E-state index is 0.120. The molecule has 0 atom stereocenters. The fourth-order valence-corrected chi connectivity index (χ4v) is 3.03. The molecule has 0 N–H and O–H groups in total. The van der Waals surface area contributed by atoms with Gasteiger partial charge in [-0.05, 0) is 44.0 Å². The highest BCUT2D eigenvalue weighted by atomic mass is 16.2. The van der Waals surface area contributed by atoms with Gasteiger partial charge in [-0.15, -0.1) is 0 Å². The summed E-state index contributed by atoms with van der Waals surface area (Å²) in [6.07, 6.45) is 0. The smallest absolute Gasteiger partial charge is 0.253 e. The molecule has 0 aliphatic carbocycles. The van der Waals surface area contributed by atoms with Crippen LogP contribution >= 0.6 is 0 Å². The van der Waals surface area contributed by atoms with Crippen molar-refractivity contribution in [3.05, 3.63) is 58.8 Å². The third kappa shape index (κ3) is 3.21. The fraction of sp³-hybridized carbons (Fsp3) is 0.368. The van der Waals surface area contributed by atoms with Crippen LogP contribution in [0.4, 0.5) is 5.82 Å². The van der Waals surface area contributed by atoms with Crippen LogP contribution < -0.4 is 4.90 Å². The maximum Gasteiger partial charge on any atom is 0.253 e. The van der Waals surface area contributed by atoms with E-state index in [1.54, 1.807) is 0 Å². The number of benzene rings is 1. The number of aromatic nitrogens is 1. The Kier molecular flexibility index (Phi) is 4.33. The lowest BCUT2D eigenvalue weighted by Gasteiger charge is -2.36. The first-order valence-corrected chi connectivity index (χ1v) is 8.10. The second-order valence-corrected chi connectivity index (χ2v) is 6.18. The minimum Gasteiger partial charge on any atom is -0.353 e. The molecular formula is C19H23N3O. The van der Waals surface area contributed by atoms with Gasteiger partial charge in [-0.1, -0.05) is 24.3 Å². The van der Waals surface area contributed by atoms with Crippen molar-refractivity contribution in [3.8, 4) is 0 Å². The molecule has 4 nitrogen and oxygen atoms in total. The van der Waals surface area contributed by atoms with Gasteiger partial charge in [-0.2, -0.15) is 0 Å². The van der Waals surface area contributed by atoms with Crippen molar-refractivity contribution in [1.29, 1.82) is 0 Å². The van der Waals surface area contributed by atoms with Crippen LogP contribution in [-0.2, 0) is 0 Å². The van der Waals surface area contributed by atoms with Crippen LogP contribution in [0.3, 0.4) is 0 Å². The number of anilines is 1. The Morgan fingerprint density at radius 1 is 0.957 bits per heavy atom. The molecule has 23 heavy (non-hydrogen) atoms. The van der Waals surface area contributed by atoms with Crippen molar-refractivity contribution < 1.29 is 4.79 Å². The van der Waals surface area contributed by atoms with E-state index < -0.39 is 0 Å². The number of hydrogen-bond acceptors (Lipinski definition) is 3. The zero-order valence-electron chi connectivity index (χ0n) is 14.0. The van der Waals surface area contributed by atoms with Crippen LogP contribution in [-0.4, -0.2) is 42.0 Å². The molecule has 1 aliphatic rings. The summed E-state index contributed by atoms with van der Waals surface area (Å²) in [7, 11) is 0. The van der Waals surface area contributed by atoms with E-state index in [2.05, 4.69) is 24.8 Å².